The Morgan fingerprint density at radius 3 is 2.05 bits per heavy atom. The minimum Gasteiger partial charge on any atom is -0.303 e. The molecular weight excluding hydrogens is 258 g/mol. The lowest BCUT2D eigenvalue weighted by Gasteiger charge is -2.50. The zero-order chi connectivity index (χ0) is 14.4. The van der Waals surface area contributed by atoms with Crippen molar-refractivity contribution in [1.82, 2.24) is 0 Å². The summed E-state index contributed by atoms with van der Waals surface area (Å²) in [4.78, 5) is 11.9. The molecule has 21 heavy (non-hydrogen) atoms. The molecule has 0 aliphatic heterocycles. The molecule has 0 heterocycles. The van der Waals surface area contributed by atoms with Gasteiger partial charge in [0, 0.05) is 18.3 Å². The first-order valence-electron chi connectivity index (χ1n) is 7.31. The number of benzene rings is 2. The normalized spacial score (nSPS) is 28.3. The van der Waals surface area contributed by atoms with Gasteiger partial charge in [0.25, 0.3) is 0 Å². The lowest BCUT2D eigenvalue weighted by Crippen LogP contribution is -2.42. The van der Waals surface area contributed by atoms with Crippen LogP contribution in [0, 0.1) is 16.7 Å². The summed E-state index contributed by atoms with van der Waals surface area (Å²) in [5.41, 5.74) is 4.56. The van der Waals surface area contributed by atoms with Gasteiger partial charge in [-0.05, 0) is 28.7 Å². The Morgan fingerprint density at radius 1 is 1.05 bits per heavy atom. The number of hydrogen-bond donors (Lipinski definition) is 0. The Morgan fingerprint density at radius 2 is 1.57 bits per heavy atom. The van der Waals surface area contributed by atoms with E-state index in [2.05, 4.69) is 42.5 Å². The summed E-state index contributed by atoms with van der Waals surface area (Å²) in [5, 5.41) is 9.23. The number of aldehydes is 1. The van der Waals surface area contributed by atoms with Crippen molar-refractivity contribution in [3.05, 3.63) is 70.8 Å². The van der Waals surface area contributed by atoms with Crippen molar-refractivity contribution in [2.75, 3.05) is 0 Å². The highest BCUT2D eigenvalue weighted by molar-refractivity contribution is 5.71. The topological polar surface area (TPSA) is 40.9 Å². The smallest absolute Gasteiger partial charge is 0.128 e. The Bertz CT molecular complexity index is 726. The first kappa shape index (κ1) is 12.3. The number of fused-ring (bicyclic) bond motifs is 1. The van der Waals surface area contributed by atoms with E-state index in [-0.39, 0.29) is 11.8 Å². The summed E-state index contributed by atoms with van der Waals surface area (Å²) >= 11 is 0. The third-order valence-electron chi connectivity index (χ3n) is 5.17. The van der Waals surface area contributed by atoms with E-state index in [1.54, 1.807) is 0 Å². The zero-order valence-corrected chi connectivity index (χ0v) is 11.6. The molecule has 102 valence electrons. The highest BCUT2D eigenvalue weighted by Crippen LogP contribution is 2.61. The quantitative estimate of drug-likeness (QED) is 0.781. The summed E-state index contributed by atoms with van der Waals surface area (Å²) in [5.74, 6) is 0.257. The van der Waals surface area contributed by atoms with Gasteiger partial charge < -0.3 is 4.79 Å². The number of hydrogen-bond acceptors (Lipinski definition) is 2. The third kappa shape index (κ3) is 1.49. The Labute approximate surface area is 124 Å². The van der Waals surface area contributed by atoms with Crippen molar-refractivity contribution in [3.63, 3.8) is 0 Å². The third-order valence-corrected chi connectivity index (χ3v) is 5.17. The van der Waals surface area contributed by atoms with E-state index in [1.807, 2.05) is 12.1 Å². The Kier molecular flexibility index (Phi) is 2.53. The maximum Gasteiger partial charge on any atom is 0.128 e. The van der Waals surface area contributed by atoms with Crippen molar-refractivity contribution >= 4 is 6.29 Å². The average molecular weight is 273 g/mol. The van der Waals surface area contributed by atoms with Crippen LogP contribution in [0.5, 0.6) is 0 Å². The molecular formula is C19H15NO. The molecule has 3 aliphatic carbocycles. The van der Waals surface area contributed by atoms with Gasteiger partial charge in [-0.3, -0.25) is 0 Å². The fraction of sp³-hybridized carbons (Fsp3) is 0.263. The van der Waals surface area contributed by atoms with Crippen LogP contribution in [0.15, 0.2) is 48.5 Å². The Balaban J connectivity index is 2.03. The van der Waals surface area contributed by atoms with Gasteiger partial charge in [0.05, 0.1) is 11.5 Å². The second-order valence-corrected chi connectivity index (χ2v) is 6.13. The minimum atomic E-state index is -0.567. The van der Waals surface area contributed by atoms with Gasteiger partial charge in [0.2, 0.25) is 0 Å². The molecule has 0 saturated heterocycles. The van der Waals surface area contributed by atoms with Crippen molar-refractivity contribution in [2.24, 2.45) is 5.41 Å². The molecule has 2 aromatic rings. The highest BCUT2D eigenvalue weighted by atomic mass is 16.1. The summed E-state index contributed by atoms with van der Waals surface area (Å²) in [7, 11) is 0. The van der Waals surface area contributed by atoms with E-state index in [4.69, 9.17) is 0 Å². The van der Waals surface area contributed by atoms with Gasteiger partial charge in [0.15, 0.2) is 0 Å². The molecule has 2 heteroatoms. The molecule has 3 aliphatic rings. The summed E-state index contributed by atoms with van der Waals surface area (Å²) in [6.45, 7) is 0. The lowest BCUT2D eigenvalue weighted by molar-refractivity contribution is -0.118. The molecule has 0 spiro atoms. The molecule has 2 aromatic carbocycles. The van der Waals surface area contributed by atoms with Gasteiger partial charge in [0.1, 0.15) is 6.29 Å². The molecule has 5 rings (SSSR count). The summed E-state index contributed by atoms with van der Waals surface area (Å²) in [6, 6.07) is 19.0. The number of nitrogens with zero attached hydrogens (tertiary/aromatic N) is 1. The second kappa shape index (κ2) is 4.30. The van der Waals surface area contributed by atoms with Crippen molar-refractivity contribution in [3.8, 4) is 6.07 Å². The van der Waals surface area contributed by atoms with Gasteiger partial charge in [-0.2, -0.15) is 5.26 Å². The predicted molar refractivity (Wildman–Crippen MR) is 79.9 cm³/mol. The van der Waals surface area contributed by atoms with Crippen LogP contribution in [0.2, 0.25) is 0 Å². The van der Waals surface area contributed by atoms with E-state index >= 15 is 0 Å². The maximum atomic E-state index is 11.9. The van der Waals surface area contributed by atoms with E-state index in [9.17, 15) is 10.1 Å². The Hall–Kier alpha value is -2.40. The fourth-order valence-electron chi connectivity index (χ4n) is 4.33. The molecule has 0 aromatic heterocycles. The van der Waals surface area contributed by atoms with Crippen LogP contribution >= 0.6 is 0 Å². The molecule has 0 radical (unpaired) electrons. The van der Waals surface area contributed by atoms with Crippen LogP contribution in [0.4, 0.5) is 0 Å². The molecule has 2 bridgehead atoms. The van der Waals surface area contributed by atoms with Crippen LogP contribution in [-0.4, -0.2) is 6.29 Å². The fourth-order valence-corrected chi connectivity index (χ4v) is 4.33. The first-order valence-corrected chi connectivity index (χ1v) is 7.31. The number of carbonyl (C=O) groups is 1. The van der Waals surface area contributed by atoms with Gasteiger partial charge >= 0.3 is 0 Å². The van der Waals surface area contributed by atoms with Gasteiger partial charge in [-0.25, -0.2) is 0 Å². The zero-order valence-electron chi connectivity index (χ0n) is 11.6. The molecule has 2 nitrogen and oxygen atoms in total. The summed E-state index contributed by atoms with van der Waals surface area (Å²) in [6.07, 6.45) is 2.09. The van der Waals surface area contributed by atoms with Crippen molar-refractivity contribution < 1.29 is 4.79 Å². The number of carbonyl (C=O) groups excluding carboxylic acids is 1. The largest absolute Gasteiger partial charge is 0.303 e. The molecule has 0 saturated carbocycles. The molecule has 1 unspecified atom stereocenters. The van der Waals surface area contributed by atoms with Crippen LogP contribution < -0.4 is 0 Å². The maximum absolute atomic E-state index is 11.9. The van der Waals surface area contributed by atoms with E-state index in [0.29, 0.717) is 6.42 Å². The first-order chi connectivity index (χ1) is 10.3. The van der Waals surface area contributed by atoms with Crippen LogP contribution in [0.25, 0.3) is 0 Å². The van der Waals surface area contributed by atoms with E-state index in [0.717, 1.165) is 12.7 Å². The average Bonchev–Trinajstić information content (AvgIpc) is 2.55. The van der Waals surface area contributed by atoms with Crippen LogP contribution in [-0.2, 0) is 4.79 Å². The number of rotatable bonds is 2. The molecule has 0 N–H and O–H groups in total. The SMILES string of the molecule is N#CCC1(C=O)CC2c3ccccc3C1c1ccccc12. The summed E-state index contributed by atoms with van der Waals surface area (Å²) < 4.78 is 0. The molecule has 1 atom stereocenters. The van der Waals surface area contributed by atoms with Crippen LogP contribution in [0.1, 0.15) is 46.9 Å². The lowest BCUT2D eigenvalue weighted by atomic mass is 9.52. The standard InChI is InChI=1S/C19H15NO/c20-10-9-19(12-21)11-17-13-5-1-3-7-15(13)18(19)16-8-4-2-6-14(16)17/h1-8,12,17-18H,9,11H2. The van der Waals surface area contributed by atoms with E-state index in [1.165, 1.54) is 22.3 Å². The predicted octanol–water partition coefficient (Wildman–Crippen LogP) is 3.77. The van der Waals surface area contributed by atoms with Crippen molar-refractivity contribution in [2.45, 2.75) is 24.7 Å². The van der Waals surface area contributed by atoms with Crippen molar-refractivity contribution in [1.29, 1.82) is 5.26 Å². The highest BCUT2D eigenvalue weighted by Gasteiger charge is 2.52. The van der Waals surface area contributed by atoms with E-state index < -0.39 is 5.41 Å². The molecule has 0 amide bonds. The van der Waals surface area contributed by atoms with Crippen LogP contribution in [0.3, 0.4) is 0 Å². The minimum absolute atomic E-state index is 0.0204. The second-order valence-electron chi connectivity index (χ2n) is 6.13. The van der Waals surface area contributed by atoms with Gasteiger partial charge in [-0.1, -0.05) is 48.5 Å². The molecule has 0 fully saturated rings. The van der Waals surface area contributed by atoms with Gasteiger partial charge in [-0.15, -0.1) is 0 Å². The monoisotopic (exact) mass is 273 g/mol. The number of nitriles is 1.